The highest BCUT2D eigenvalue weighted by molar-refractivity contribution is 9.10. The van der Waals surface area contributed by atoms with Gasteiger partial charge in [-0.2, -0.15) is 0 Å². The van der Waals surface area contributed by atoms with E-state index in [9.17, 15) is 14.7 Å². The normalized spacial score (nSPS) is 11.1. The Hall–Kier alpha value is -2.35. The smallest absolute Gasteiger partial charge is 0.335 e. The van der Waals surface area contributed by atoms with Crippen molar-refractivity contribution in [3.8, 4) is 11.6 Å². The van der Waals surface area contributed by atoms with Gasteiger partial charge in [0.2, 0.25) is 5.88 Å². The maximum atomic E-state index is 11.9. The van der Waals surface area contributed by atoms with Crippen molar-refractivity contribution in [1.29, 1.82) is 0 Å². The topological polar surface area (TPSA) is 108 Å². The van der Waals surface area contributed by atoms with Gasteiger partial charge in [-0.15, -0.1) is 0 Å². The Morgan fingerprint density at radius 3 is 2.70 bits per heavy atom. The first-order valence-corrected chi connectivity index (χ1v) is 6.27. The molecular formula is C12H10BrN3O4. The number of benzene rings is 1. The van der Waals surface area contributed by atoms with Crippen LogP contribution in [0.3, 0.4) is 0 Å². The zero-order chi connectivity index (χ0) is 14.9. The van der Waals surface area contributed by atoms with Crippen LogP contribution in [0.2, 0.25) is 0 Å². The van der Waals surface area contributed by atoms with Crippen LogP contribution in [0.4, 0.5) is 0 Å². The summed E-state index contributed by atoms with van der Waals surface area (Å²) in [6.45, 7) is 1.75. The molecule has 0 atom stereocenters. The maximum absolute atomic E-state index is 11.9. The highest BCUT2D eigenvalue weighted by Gasteiger charge is 2.15. The third kappa shape index (κ3) is 2.37. The summed E-state index contributed by atoms with van der Waals surface area (Å²) in [6, 6.07) is 5.06. The van der Waals surface area contributed by atoms with Crippen molar-refractivity contribution < 1.29 is 10.3 Å². The molecule has 0 saturated heterocycles. The van der Waals surface area contributed by atoms with Crippen LogP contribution < -0.4 is 11.2 Å². The lowest BCUT2D eigenvalue weighted by Gasteiger charge is -2.12. The molecule has 2 aromatic rings. The Morgan fingerprint density at radius 1 is 1.40 bits per heavy atom. The highest BCUT2D eigenvalue weighted by atomic mass is 79.9. The van der Waals surface area contributed by atoms with Gasteiger partial charge in [-0.3, -0.25) is 9.78 Å². The third-order valence-corrected chi connectivity index (χ3v) is 3.20. The first-order chi connectivity index (χ1) is 9.45. The number of hydrogen-bond donors (Lipinski definition) is 3. The van der Waals surface area contributed by atoms with Gasteiger partial charge in [-0.05, 0) is 30.7 Å². The summed E-state index contributed by atoms with van der Waals surface area (Å²) >= 11 is 3.29. The summed E-state index contributed by atoms with van der Waals surface area (Å²) in [5, 5.41) is 21.3. The zero-order valence-electron chi connectivity index (χ0n) is 10.3. The summed E-state index contributed by atoms with van der Waals surface area (Å²) in [5.41, 5.74) is -0.825. The molecule has 104 valence electrons. The van der Waals surface area contributed by atoms with Gasteiger partial charge in [0.15, 0.2) is 0 Å². The van der Waals surface area contributed by atoms with Crippen LogP contribution in [-0.2, 0) is 0 Å². The number of rotatable bonds is 2. The number of aromatic nitrogens is 2. The van der Waals surface area contributed by atoms with Crippen molar-refractivity contribution in [3.05, 3.63) is 54.6 Å². The van der Waals surface area contributed by atoms with Crippen molar-refractivity contribution in [1.82, 2.24) is 9.55 Å². The van der Waals surface area contributed by atoms with Gasteiger partial charge in [0, 0.05) is 4.47 Å². The standard InChI is InChI=1S/C12H10BrN3O4/c1-6-4-7(13)2-3-9(6)16-11(18)8(5-14-20)10(17)15-12(16)19/h2-5,18,20H,1H3,(H,15,17,19). The summed E-state index contributed by atoms with van der Waals surface area (Å²) in [7, 11) is 0. The Labute approximate surface area is 120 Å². The predicted molar refractivity (Wildman–Crippen MR) is 76.1 cm³/mol. The van der Waals surface area contributed by atoms with Crippen molar-refractivity contribution in [2.24, 2.45) is 5.16 Å². The third-order valence-electron chi connectivity index (χ3n) is 2.71. The van der Waals surface area contributed by atoms with E-state index >= 15 is 0 Å². The number of aryl methyl sites for hydroxylation is 1. The number of H-pyrrole nitrogens is 1. The van der Waals surface area contributed by atoms with Crippen LogP contribution in [0.1, 0.15) is 11.1 Å². The molecule has 0 amide bonds. The first kappa shape index (κ1) is 14.1. The Morgan fingerprint density at radius 2 is 2.10 bits per heavy atom. The molecule has 2 rings (SSSR count). The molecule has 0 saturated carbocycles. The molecule has 1 aromatic carbocycles. The second-order valence-corrected chi connectivity index (χ2v) is 4.92. The first-order valence-electron chi connectivity index (χ1n) is 5.48. The van der Waals surface area contributed by atoms with Gasteiger partial charge in [-0.25, -0.2) is 9.36 Å². The van der Waals surface area contributed by atoms with Gasteiger partial charge < -0.3 is 10.3 Å². The molecule has 0 fully saturated rings. The fourth-order valence-electron chi connectivity index (χ4n) is 1.81. The summed E-state index contributed by atoms with van der Waals surface area (Å²) in [5.74, 6) is -0.595. The van der Waals surface area contributed by atoms with E-state index in [-0.39, 0.29) is 5.56 Å². The van der Waals surface area contributed by atoms with E-state index in [2.05, 4.69) is 26.1 Å². The molecule has 0 aliphatic rings. The van der Waals surface area contributed by atoms with Gasteiger partial charge >= 0.3 is 5.69 Å². The molecule has 0 unspecified atom stereocenters. The molecule has 7 nitrogen and oxygen atoms in total. The van der Waals surface area contributed by atoms with E-state index < -0.39 is 17.1 Å². The molecule has 1 aromatic heterocycles. The van der Waals surface area contributed by atoms with Crippen LogP contribution in [0, 0.1) is 6.92 Å². The lowest BCUT2D eigenvalue weighted by atomic mass is 10.2. The predicted octanol–water partition coefficient (Wildman–Crippen LogP) is 1.11. The van der Waals surface area contributed by atoms with E-state index in [4.69, 9.17) is 5.21 Å². The van der Waals surface area contributed by atoms with Gasteiger partial charge in [0.25, 0.3) is 5.56 Å². The quantitative estimate of drug-likeness (QED) is 0.432. The minimum absolute atomic E-state index is 0.311. The minimum atomic E-state index is -0.837. The van der Waals surface area contributed by atoms with E-state index in [0.29, 0.717) is 11.3 Å². The number of oxime groups is 1. The molecule has 8 heteroatoms. The average Bonchev–Trinajstić information content (AvgIpc) is 2.37. The SMILES string of the molecule is Cc1cc(Br)ccc1-n1c(O)c(C=NO)c(=O)[nH]c1=O. The van der Waals surface area contributed by atoms with E-state index in [1.54, 1.807) is 25.1 Å². The molecule has 0 aliphatic carbocycles. The van der Waals surface area contributed by atoms with Crippen LogP contribution in [-0.4, -0.2) is 26.1 Å². The largest absolute Gasteiger partial charge is 0.493 e. The average molecular weight is 340 g/mol. The van der Waals surface area contributed by atoms with E-state index in [1.165, 1.54) is 0 Å². The summed E-state index contributed by atoms with van der Waals surface area (Å²) < 4.78 is 1.74. The molecule has 0 radical (unpaired) electrons. The van der Waals surface area contributed by atoms with Crippen LogP contribution in [0.15, 0.2) is 37.4 Å². The zero-order valence-corrected chi connectivity index (χ0v) is 11.9. The fraction of sp³-hybridized carbons (Fsp3) is 0.0833. The summed E-state index contributed by atoms with van der Waals surface area (Å²) in [4.78, 5) is 25.5. The molecule has 0 bridgehead atoms. The van der Waals surface area contributed by atoms with Gasteiger partial charge in [0.1, 0.15) is 5.56 Å². The Kier molecular flexibility index (Phi) is 3.75. The van der Waals surface area contributed by atoms with Crippen LogP contribution in [0.5, 0.6) is 5.88 Å². The monoisotopic (exact) mass is 339 g/mol. The van der Waals surface area contributed by atoms with Crippen molar-refractivity contribution in [2.75, 3.05) is 0 Å². The van der Waals surface area contributed by atoms with Crippen LogP contribution in [0.25, 0.3) is 5.69 Å². The highest BCUT2D eigenvalue weighted by Crippen LogP contribution is 2.22. The van der Waals surface area contributed by atoms with Crippen molar-refractivity contribution >= 4 is 22.1 Å². The van der Waals surface area contributed by atoms with Crippen molar-refractivity contribution in [2.45, 2.75) is 6.92 Å². The molecule has 20 heavy (non-hydrogen) atoms. The molecule has 3 N–H and O–H groups in total. The number of halogens is 1. The number of nitrogens with zero attached hydrogens (tertiary/aromatic N) is 2. The number of aromatic amines is 1. The van der Waals surface area contributed by atoms with E-state index in [0.717, 1.165) is 15.3 Å². The molecule has 0 spiro atoms. The molecule has 1 heterocycles. The minimum Gasteiger partial charge on any atom is -0.493 e. The second kappa shape index (κ2) is 5.33. The Bertz CT molecular complexity index is 807. The molecule has 0 aliphatic heterocycles. The summed E-state index contributed by atoms with van der Waals surface area (Å²) in [6.07, 6.45) is 0.762. The fourth-order valence-corrected chi connectivity index (χ4v) is 2.28. The van der Waals surface area contributed by atoms with Crippen LogP contribution >= 0.6 is 15.9 Å². The lowest BCUT2D eigenvalue weighted by Crippen LogP contribution is -2.31. The second-order valence-electron chi connectivity index (χ2n) is 4.01. The number of hydrogen-bond acceptors (Lipinski definition) is 5. The number of aromatic hydroxyl groups is 1. The number of nitrogens with one attached hydrogen (secondary N) is 1. The van der Waals surface area contributed by atoms with Crippen molar-refractivity contribution in [3.63, 3.8) is 0 Å². The van der Waals surface area contributed by atoms with E-state index in [1.807, 2.05) is 0 Å². The van der Waals surface area contributed by atoms with Gasteiger partial charge in [-0.1, -0.05) is 21.1 Å². The maximum Gasteiger partial charge on any atom is 0.335 e. The Balaban J connectivity index is 2.84. The van der Waals surface area contributed by atoms with Gasteiger partial charge in [0.05, 0.1) is 11.9 Å². The lowest BCUT2D eigenvalue weighted by molar-refractivity contribution is 0.321. The molecular weight excluding hydrogens is 330 g/mol.